The molecule has 1 aliphatic heterocycles. The minimum Gasteiger partial charge on any atom is -0.388 e. The lowest BCUT2D eigenvalue weighted by Gasteiger charge is -2.40. The van der Waals surface area contributed by atoms with Gasteiger partial charge in [0.25, 0.3) is 0 Å². The van der Waals surface area contributed by atoms with Crippen LogP contribution < -0.4 is 0 Å². The SMILES string of the molecule is CO[C@@H]1O[C@@H](C)[C@H](O)[C@@H](OCc2ccc3ccccc3c2)[C@H]1O. The number of methoxy groups -OCH3 is 1. The van der Waals surface area contributed by atoms with Gasteiger partial charge in [0, 0.05) is 7.11 Å². The summed E-state index contributed by atoms with van der Waals surface area (Å²) >= 11 is 0. The van der Waals surface area contributed by atoms with Crippen molar-refractivity contribution in [1.29, 1.82) is 0 Å². The molecule has 0 aliphatic carbocycles. The van der Waals surface area contributed by atoms with E-state index < -0.39 is 30.7 Å². The lowest BCUT2D eigenvalue weighted by Crippen LogP contribution is -2.58. The Morgan fingerprint density at radius 3 is 2.52 bits per heavy atom. The third-order valence-electron chi connectivity index (χ3n) is 4.27. The maximum atomic E-state index is 10.2. The smallest absolute Gasteiger partial charge is 0.186 e. The Bertz CT molecular complexity index is 659. The van der Waals surface area contributed by atoms with Crippen molar-refractivity contribution < 1.29 is 24.4 Å². The van der Waals surface area contributed by atoms with E-state index in [0.29, 0.717) is 6.61 Å². The number of hydrogen-bond donors (Lipinski definition) is 2. The first-order chi connectivity index (χ1) is 11.1. The summed E-state index contributed by atoms with van der Waals surface area (Å²) in [6, 6.07) is 14.1. The molecule has 0 aromatic heterocycles. The highest BCUT2D eigenvalue weighted by molar-refractivity contribution is 5.82. The molecule has 0 saturated carbocycles. The molecule has 2 N–H and O–H groups in total. The third-order valence-corrected chi connectivity index (χ3v) is 4.27. The Hall–Kier alpha value is -1.50. The minimum absolute atomic E-state index is 0.298. The monoisotopic (exact) mass is 318 g/mol. The van der Waals surface area contributed by atoms with Gasteiger partial charge in [0.1, 0.15) is 18.3 Å². The van der Waals surface area contributed by atoms with Crippen LogP contribution in [0.5, 0.6) is 0 Å². The molecule has 5 atom stereocenters. The van der Waals surface area contributed by atoms with Crippen molar-refractivity contribution in [3.8, 4) is 0 Å². The van der Waals surface area contributed by atoms with E-state index in [2.05, 4.69) is 6.07 Å². The Labute approximate surface area is 135 Å². The van der Waals surface area contributed by atoms with Crippen molar-refractivity contribution in [3.05, 3.63) is 48.0 Å². The van der Waals surface area contributed by atoms with Crippen molar-refractivity contribution in [1.82, 2.24) is 0 Å². The second-order valence-corrected chi connectivity index (χ2v) is 5.88. The number of benzene rings is 2. The van der Waals surface area contributed by atoms with Gasteiger partial charge in [-0.25, -0.2) is 0 Å². The average Bonchev–Trinajstić information content (AvgIpc) is 2.58. The molecule has 0 spiro atoms. The van der Waals surface area contributed by atoms with Crippen LogP contribution in [-0.4, -0.2) is 48.0 Å². The van der Waals surface area contributed by atoms with Gasteiger partial charge in [-0.15, -0.1) is 0 Å². The van der Waals surface area contributed by atoms with Gasteiger partial charge < -0.3 is 24.4 Å². The molecule has 124 valence electrons. The van der Waals surface area contributed by atoms with Crippen molar-refractivity contribution in [3.63, 3.8) is 0 Å². The van der Waals surface area contributed by atoms with E-state index in [9.17, 15) is 10.2 Å². The Kier molecular flexibility index (Phi) is 4.94. The molecule has 5 nitrogen and oxygen atoms in total. The highest BCUT2D eigenvalue weighted by Gasteiger charge is 2.43. The summed E-state index contributed by atoms with van der Waals surface area (Å²) < 4.78 is 16.3. The van der Waals surface area contributed by atoms with Crippen LogP contribution in [0.3, 0.4) is 0 Å². The van der Waals surface area contributed by atoms with Gasteiger partial charge in [-0.3, -0.25) is 0 Å². The molecular formula is C18H22O5. The second kappa shape index (κ2) is 6.95. The van der Waals surface area contributed by atoms with E-state index in [1.807, 2.05) is 36.4 Å². The Morgan fingerprint density at radius 2 is 1.78 bits per heavy atom. The van der Waals surface area contributed by atoms with E-state index in [4.69, 9.17) is 14.2 Å². The topological polar surface area (TPSA) is 68.2 Å². The molecule has 23 heavy (non-hydrogen) atoms. The maximum Gasteiger partial charge on any atom is 0.186 e. The minimum atomic E-state index is -1.04. The van der Waals surface area contributed by atoms with Crippen LogP contribution in [0.15, 0.2) is 42.5 Å². The van der Waals surface area contributed by atoms with Gasteiger partial charge in [-0.2, -0.15) is 0 Å². The van der Waals surface area contributed by atoms with Crippen molar-refractivity contribution in [2.45, 2.75) is 44.2 Å². The van der Waals surface area contributed by atoms with Crippen LogP contribution in [0.25, 0.3) is 10.8 Å². The number of fused-ring (bicyclic) bond motifs is 1. The molecule has 0 unspecified atom stereocenters. The summed E-state index contributed by atoms with van der Waals surface area (Å²) in [5, 5.41) is 22.7. The molecule has 1 heterocycles. The summed E-state index contributed by atoms with van der Waals surface area (Å²) in [4.78, 5) is 0. The molecule has 1 saturated heterocycles. The largest absolute Gasteiger partial charge is 0.388 e. The van der Waals surface area contributed by atoms with Crippen LogP contribution in [0, 0.1) is 0 Å². The van der Waals surface area contributed by atoms with Gasteiger partial charge >= 0.3 is 0 Å². The zero-order chi connectivity index (χ0) is 16.4. The van der Waals surface area contributed by atoms with E-state index in [1.165, 1.54) is 7.11 Å². The van der Waals surface area contributed by atoms with Crippen molar-refractivity contribution in [2.75, 3.05) is 7.11 Å². The molecule has 0 bridgehead atoms. The third kappa shape index (κ3) is 3.39. The molecule has 5 heteroatoms. The number of rotatable bonds is 4. The molecule has 1 aliphatic rings. The Morgan fingerprint density at radius 1 is 1.04 bits per heavy atom. The molecular weight excluding hydrogens is 296 g/mol. The number of ether oxygens (including phenoxy) is 3. The summed E-state index contributed by atoms with van der Waals surface area (Å²) in [6.45, 7) is 2.03. The number of aliphatic hydroxyl groups is 2. The molecule has 2 aromatic rings. The highest BCUT2D eigenvalue weighted by atomic mass is 16.7. The van der Waals surface area contributed by atoms with E-state index >= 15 is 0 Å². The maximum absolute atomic E-state index is 10.2. The first kappa shape index (κ1) is 16.4. The van der Waals surface area contributed by atoms with Crippen LogP contribution in [0.4, 0.5) is 0 Å². The highest BCUT2D eigenvalue weighted by Crippen LogP contribution is 2.25. The molecule has 0 amide bonds. The fourth-order valence-electron chi connectivity index (χ4n) is 2.91. The molecule has 0 radical (unpaired) electrons. The van der Waals surface area contributed by atoms with Crippen molar-refractivity contribution >= 4 is 10.8 Å². The fraction of sp³-hybridized carbons (Fsp3) is 0.444. The summed E-state index contributed by atoms with van der Waals surface area (Å²) in [5.74, 6) is 0. The van der Waals surface area contributed by atoms with Gasteiger partial charge in [-0.05, 0) is 29.3 Å². The molecule has 2 aromatic carbocycles. The second-order valence-electron chi connectivity index (χ2n) is 5.88. The normalized spacial score (nSPS) is 31.4. The average molecular weight is 318 g/mol. The number of aliphatic hydroxyl groups excluding tert-OH is 2. The zero-order valence-corrected chi connectivity index (χ0v) is 13.3. The first-order valence-electron chi connectivity index (χ1n) is 7.74. The predicted molar refractivity (Wildman–Crippen MR) is 85.9 cm³/mol. The fourth-order valence-corrected chi connectivity index (χ4v) is 2.91. The van der Waals surface area contributed by atoms with E-state index in [-0.39, 0.29) is 0 Å². The predicted octanol–water partition coefficient (Wildman–Crippen LogP) is 1.84. The lowest BCUT2D eigenvalue weighted by molar-refractivity contribution is -0.295. The zero-order valence-electron chi connectivity index (χ0n) is 13.3. The van der Waals surface area contributed by atoms with Gasteiger partial charge in [-0.1, -0.05) is 36.4 Å². The van der Waals surface area contributed by atoms with Crippen LogP contribution in [0.1, 0.15) is 12.5 Å². The van der Waals surface area contributed by atoms with Crippen molar-refractivity contribution in [2.24, 2.45) is 0 Å². The first-order valence-corrected chi connectivity index (χ1v) is 7.74. The quantitative estimate of drug-likeness (QED) is 0.900. The van der Waals surface area contributed by atoms with Gasteiger partial charge in [0.15, 0.2) is 6.29 Å². The van der Waals surface area contributed by atoms with Gasteiger partial charge in [0.2, 0.25) is 0 Å². The van der Waals surface area contributed by atoms with E-state index in [1.54, 1.807) is 6.92 Å². The number of hydrogen-bond acceptors (Lipinski definition) is 5. The summed E-state index contributed by atoms with van der Waals surface area (Å²) in [6.07, 6.45) is -3.96. The standard InChI is InChI=1S/C18H22O5/c1-11-15(19)17(16(20)18(21-2)23-11)22-10-12-7-8-13-5-3-4-6-14(13)9-12/h3-9,11,15-20H,10H2,1-2H3/t11-,15-,16+,17+,18+/m0/s1. The summed E-state index contributed by atoms with van der Waals surface area (Å²) in [7, 11) is 1.46. The van der Waals surface area contributed by atoms with Crippen LogP contribution >= 0.6 is 0 Å². The van der Waals surface area contributed by atoms with Crippen LogP contribution in [0.2, 0.25) is 0 Å². The molecule has 3 rings (SSSR count). The Balaban J connectivity index is 1.72. The summed E-state index contributed by atoms with van der Waals surface area (Å²) in [5.41, 5.74) is 0.983. The van der Waals surface area contributed by atoms with Gasteiger partial charge in [0.05, 0.1) is 12.7 Å². The molecule has 1 fully saturated rings. The lowest BCUT2D eigenvalue weighted by atomic mass is 9.99. The van der Waals surface area contributed by atoms with Crippen LogP contribution in [-0.2, 0) is 20.8 Å². The van der Waals surface area contributed by atoms with E-state index in [0.717, 1.165) is 16.3 Å².